The Morgan fingerprint density at radius 2 is 2.11 bits per heavy atom. The fourth-order valence-corrected chi connectivity index (χ4v) is 3.19. The normalized spacial score (nSPS) is 15.2. The van der Waals surface area contributed by atoms with Crippen LogP contribution in [0.25, 0.3) is 0 Å². The molecule has 19 heavy (non-hydrogen) atoms. The minimum Gasteiger partial charge on any atom is -0.326 e. The molecule has 2 atom stereocenters. The Labute approximate surface area is 121 Å². The Hall–Kier alpha value is -0.470. The molecule has 1 aromatic carbocycles. The van der Waals surface area contributed by atoms with Gasteiger partial charge in [-0.3, -0.25) is 4.21 Å². The summed E-state index contributed by atoms with van der Waals surface area (Å²) in [4.78, 5) is 0.0729. The molecule has 2 unspecified atom stereocenters. The van der Waals surface area contributed by atoms with Crippen molar-refractivity contribution in [3.63, 3.8) is 0 Å². The van der Waals surface area contributed by atoms with Crippen LogP contribution < -0.4 is 10.5 Å². The maximum atomic E-state index is 12.0. The summed E-state index contributed by atoms with van der Waals surface area (Å²) >= 11 is 5.93. The molecule has 8 heteroatoms. The number of rotatable bonds is 6. The van der Waals surface area contributed by atoms with Crippen LogP contribution in [0.2, 0.25) is 5.02 Å². The molecule has 0 fully saturated rings. The van der Waals surface area contributed by atoms with Gasteiger partial charge < -0.3 is 5.73 Å². The molecule has 0 heterocycles. The number of hydrogen-bond donors (Lipinski definition) is 2. The van der Waals surface area contributed by atoms with Crippen molar-refractivity contribution in [3.8, 4) is 0 Å². The van der Waals surface area contributed by atoms with E-state index in [4.69, 9.17) is 17.3 Å². The maximum Gasteiger partial charge on any atom is 0.240 e. The molecule has 0 saturated heterocycles. The second kappa shape index (κ2) is 6.81. The molecule has 1 rings (SSSR count). The van der Waals surface area contributed by atoms with Crippen LogP contribution in [0.1, 0.15) is 12.5 Å². The molecule has 5 nitrogen and oxygen atoms in total. The van der Waals surface area contributed by atoms with Crippen LogP contribution in [0.15, 0.2) is 23.1 Å². The predicted molar refractivity (Wildman–Crippen MR) is 78.1 cm³/mol. The average molecular weight is 325 g/mol. The van der Waals surface area contributed by atoms with Gasteiger partial charge in [0.05, 0.1) is 4.90 Å². The van der Waals surface area contributed by atoms with Crippen LogP contribution in [-0.4, -0.2) is 30.7 Å². The standard InChI is InChI=1S/C11H17ClN2O3S2/c1-8(18(2)15)7-14-19(16,17)10-4-3-9(6-13)11(12)5-10/h3-5,8,14H,6-7,13H2,1-2H3. The van der Waals surface area contributed by atoms with E-state index in [0.29, 0.717) is 10.6 Å². The Kier molecular flexibility index (Phi) is 5.94. The van der Waals surface area contributed by atoms with Gasteiger partial charge in [-0.15, -0.1) is 0 Å². The van der Waals surface area contributed by atoms with Gasteiger partial charge >= 0.3 is 0 Å². The zero-order chi connectivity index (χ0) is 14.6. The lowest BCUT2D eigenvalue weighted by atomic mass is 10.2. The molecule has 0 saturated carbocycles. The first-order valence-corrected chi connectivity index (χ1v) is 9.06. The molecular weight excluding hydrogens is 308 g/mol. The van der Waals surface area contributed by atoms with E-state index >= 15 is 0 Å². The van der Waals surface area contributed by atoms with Crippen molar-refractivity contribution in [1.82, 2.24) is 4.72 Å². The summed E-state index contributed by atoms with van der Waals surface area (Å²) in [6, 6.07) is 4.39. The van der Waals surface area contributed by atoms with Crippen LogP contribution in [0.4, 0.5) is 0 Å². The summed E-state index contributed by atoms with van der Waals surface area (Å²) in [5, 5.41) is 0.0612. The van der Waals surface area contributed by atoms with Gasteiger partial charge in [-0.1, -0.05) is 17.7 Å². The topological polar surface area (TPSA) is 89.3 Å². The second-order valence-corrected chi connectivity index (χ2v) is 8.09. The lowest BCUT2D eigenvalue weighted by Crippen LogP contribution is -2.32. The van der Waals surface area contributed by atoms with Crippen LogP contribution in [-0.2, 0) is 27.4 Å². The largest absolute Gasteiger partial charge is 0.326 e. The van der Waals surface area contributed by atoms with Crippen molar-refractivity contribution < 1.29 is 12.6 Å². The molecule has 0 amide bonds. The molecule has 0 bridgehead atoms. The first-order chi connectivity index (χ1) is 8.77. The van der Waals surface area contributed by atoms with Crippen molar-refractivity contribution in [1.29, 1.82) is 0 Å². The van der Waals surface area contributed by atoms with E-state index in [1.165, 1.54) is 18.4 Å². The van der Waals surface area contributed by atoms with Crippen LogP contribution >= 0.6 is 11.6 Å². The van der Waals surface area contributed by atoms with Crippen molar-refractivity contribution in [3.05, 3.63) is 28.8 Å². The van der Waals surface area contributed by atoms with E-state index in [2.05, 4.69) is 4.72 Å². The molecule has 0 spiro atoms. The second-order valence-electron chi connectivity index (χ2n) is 4.12. The minimum absolute atomic E-state index is 0.0729. The fraction of sp³-hybridized carbons (Fsp3) is 0.455. The average Bonchev–Trinajstić information content (AvgIpc) is 2.35. The fourth-order valence-electron chi connectivity index (χ4n) is 1.29. The summed E-state index contributed by atoms with van der Waals surface area (Å²) in [6.07, 6.45) is 1.53. The predicted octanol–water partition coefficient (Wildman–Crippen LogP) is 0.844. The number of hydrogen-bond acceptors (Lipinski definition) is 4. The summed E-state index contributed by atoms with van der Waals surface area (Å²) in [7, 11) is -4.73. The van der Waals surface area contributed by atoms with Crippen LogP contribution in [0.5, 0.6) is 0 Å². The highest BCUT2D eigenvalue weighted by molar-refractivity contribution is 7.89. The first-order valence-electron chi connectivity index (χ1n) is 5.58. The Balaban J connectivity index is 2.89. The van der Waals surface area contributed by atoms with E-state index < -0.39 is 20.8 Å². The highest BCUT2D eigenvalue weighted by Crippen LogP contribution is 2.20. The Morgan fingerprint density at radius 3 is 2.58 bits per heavy atom. The zero-order valence-electron chi connectivity index (χ0n) is 10.7. The molecule has 0 radical (unpaired) electrons. The number of nitrogens with two attached hydrogens (primary N) is 1. The number of benzene rings is 1. The highest BCUT2D eigenvalue weighted by atomic mass is 35.5. The van der Waals surface area contributed by atoms with E-state index in [1.807, 2.05) is 0 Å². The van der Waals surface area contributed by atoms with Gasteiger partial charge in [0.15, 0.2) is 0 Å². The van der Waals surface area contributed by atoms with Crippen LogP contribution in [0.3, 0.4) is 0 Å². The lowest BCUT2D eigenvalue weighted by molar-refractivity contribution is 0.580. The van der Waals surface area contributed by atoms with Crippen molar-refractivity contribution in [2.75, 3.05) is 12.8 Å². The first kappa shape index (κ1) is 16.6. The molecule has 0 aromatic heterocycles. The third-order valence-electron chi connectivity index (χ3n) is 2.68. The molecule has 1 aromatic rings. The molecule has 0 aliphatic rings. The highest BCUT2D eigenvalue weighted by Gasteiger charge is 2.17. The van der Waals surface area contributed by atoms with Gasteiger partial charge in [0.25, 0.3) is 0 Å². The van der Waals surface area contributed by atoms with Gasteiger partial charge in [0.2, 0.25) is 10.0 Å². The Bertz CT molecular complexity index is 575. The third-order valence-corrected chi connectivity index (χ3v) is 5.76. The van der Waals surface area contributed by atoms with Crippen molar-refractivity contribution in [2.45, 2.75) is 23.6 Å². The monoisotopic (exact) mass is 324 g/mol. The molecule has 0 aliphatic heterocycles. The van der Waals surface area contributed by atoms with Gasteiger partial charge in [0, 0.05) is 40.4 Å². The van der Waals surface area contributed by atoms with Crippen LogP contribution in [0, 0.1) is 0 Å². The molecule has 108 valence electrons. The van der Waals surface area contributed by atoms with E-state index in [0.717, 1.165) is 0 Å². The summed E-state index contributed by atoms with van der Waals surface area (Å²) in [5.74, 6) is 0. The molecule has 0 aliphatic carbocycles. The SMILES string of the molecule is CC(CNS(=O)(=O)c1ccc(CN)c(Cl)c1)S(C)=O. The lowest BCUT2D eigenvalue weighted by Gasteiger charge is -2.11. The third kappa shape index (κ3) is 4.54. The molecular formula is C11H17ClN2O3S2. The van der Waals surface area contributed by atoms with Crippen molar-refractivity contribution >= 4 is 32.4 Å². The van der Waals surface area contributed by atoms with E-state index in [-0.39, 0.29) is 23.2 Å². The Morgan fingerprint density at radius 1 is 1.47 bits per heavy atom. The smallest absolute Gasteiger partial charge is 0.240 e. The van der Waals surface area contributed by atoms with E-state index in [1.54, 1.807) is 13.0 Å². The quantitative estimate of drug-likeness (QED) is 0.811. The van der Waals surface area contributed by atoms with Crippen molar-refractivity contribution in [2.24, 2.45) is 5.73 Å². The molecule has 3 N–H and O–H groups in total. The van der Waals surface area contributed by atoms with Gasteiger partial charge in [-0.05, 0) is 24.6 Å². The van der Waals surface area contributed by atoms with Gasteiger partial charge in [-0.25, -0.2) is 13.1 Å². The summed E-state index contributed by atoms with van der Waals surface area (Å²) < 4.78 is 37.6. The number of halogens is 1. The van der Waals surface area contributed by atoms with Gasteiger partial charge in [0.1, 0.15) is 0 Å². The van der Waals surface area contributed by atoms with E-state index in [9.17, 15) is 12.6 Å². The maximum absolute atomic E-state index is 12.0. The zero-order valence-corrected chi connectivity index (χ0v) is 13.1. The number of nitrogens with one attached hydrogen (secondary N) is 1. The number of sulfonamides is 1. The summed E-state index contributed by atoms with van der Waals surface area (Å²) in [6.45, 7) is 2.07. The minimum atomic E-state index is -3.65. The summed E-state index contributed by atoms with van der Waals surface area (Å²) in [5.41, 5.74) is 6.14. The van der Waals surface area contributed by atoms with Gasteiger partial charge in [-0.2, -0.15) is 0 Å².